The van der Waals surface area contributed by atoms with E-state index in [2.05, 4.69) is 4.72 Å². The number of sulfonamides is 1. The van der Waals surface area contributed by atoms with Crippen LogP contribution in [0, 0.1) is 24.5 Å². The molecule has 1 saturated carbocycles. The van der Waals surface area contributed by atoms with E-state index in [1.807, 2.05) is 6.92 Å². The Labute approximate surface area is 172 Å². The van der Waals surface area contributed by atoms with Crippen molar-refractivity contribution >= 4 is 27.3 Å². The summed E-state index contributed by atoms with van der Waals surface area (Å²) in [6.07, 6.45) is 2.33. The highest BCUT2D eigenvalue weighted by Crippen LogP contribution is 2.54. The topological polar surface area (TPSA) is 66.5 Å². The number of hydrogen-bond donors (Lipinski definition) is 1. The van der Waals surface area contributed by atoms with Gasteiger partial charge < -0.3 is 4.90 Å². The van der Waals surface area contributed by atoms with Crippen LogP contribution in [0.15, 0.2) is 23.6 Å². The van der Waals surface area contributed by atoms with E-state index in [-0.39, 0.29) is 29.3 Å². The Morgan fingerprint density at radius 1 is 1.28 bits per heavy atom. The Hall–Kier alpha value is -1.84. The highest BCUT2D eigenvalue weighted by molar-refractivity contribution is 7.88. The molecule has 9 heteroatoms. The van der Waals surface area contributed by atoms with Gasteiger partial charge in [-0.1, -0.05) is 6.07 Å². The number of nitrogens with one attached hydrogen (secondary N) is 1. The molecule has 29 heavy (non-hydrogen) atoms. The summed E-state index contributed by atoms with van der Waals surface area (Å²) in [5.41, 5.74) is 1.34. The van der Waals surface area contributed by atoms with Gasteiger partial charge in [0.05, 0.1) is 11.8 Å². The SMILES string of the molecule is Cc1scc(-c2c(F)cccc2F)c1[C@@H]1C[C@H]1C(=O)N1CC[C@H](NS(C)(=O)=O)C1. The second-order valence-electron chi connectivity index (χ2n) is 7.82. The molecule has 5 nitrogen and oxygen atoms in total. The first-order chi connectivity index (χ1) is 13.7. The van der Waals surface area contributed by atoms with Crippen LogP contribution < -0.4 is 4.72 Å². The lowest BCUT2D eigenvalue weighted by Gasteiger charge is -2.17. The Kier molecular flexibility index (Phi) is 5.25. The van der Waals surface area contributed by atoms with Crippen LogP contribution in [0.1, 0.15) is 29.2 Å². The minimum Gasteiger partial charge on any atom is -0.341 e. The number of nitrogens with zero attached hydrogens (tertiary/aromatic N) is 1. The number of likely N-dealkylation sites (tertiary alicyclic amines) is 1. The number of benzene rings is 1. The molecule has 0 unspecified atom stereocenters. The quantitative estimate of drug-likeness (QED) is 0.776. The number of hydrogen-bond acceptors (Lipinski definition) is 4. The zero-order chi connectivity index (χ0) is 20.9. The van der Waals surface area contributed by atoms with Crippen molar-refractivity contribution in [3.63, 3.8) is 0 Å². The van der Waals surface area contributed by atoms with Crippen molar-refractivity contribution in [1.82, 2.24) is 9.62 Å². The van der Waals surface area contributed by atoms with Crippen LogP contribution in [0.25, 0.3) is 11.1 Å². The van der Waals surface area contributed by atoms with E-state index < -0.39 is 21.7 Å². The third-order valence-corrected chi connectivity index (χ3v) is 7.30. The summed E-state index contributed by atoms with van der Waals surface area (Å²) < 4.78 is 54.0. The van der Waals surface area contributed by atoms with E-state index in [0.29, 0.717) is 31.5 Å². The molecule has 0 radical (unpaired) electrons. The summed E-state index contributed by atoms with van der Waals surface area (Å²) in [5, 5.41) is 1.76. The van der Waals surface area contributed by atoms with Gasteiger partial charge >= 0.3 is 0 Å². The van der Waals surface area contributed by atoms with Crippen LogP contribution in [0.5, 0.6) is 0 Å². The standard InChI is InChI=1S/C20H22F2N2O3S2/c1-11-18(15(10-28-11)19-16(21)4-3-5-17(19)22)13-8-14(13)20(25)24-7-6-12(9-24)23-29(2,26)27/h3-5,10,12-14,23H,6-9H2,1-2H3/t12-,13+,14+/m0/s1. The number of aryl methyl sites for hydroxylation is 1. The Morgan fingerprint density at radius 2 is 1.97 bits per heavy atom. The molecule has 1 aromatic carbocycles. The van der Waals surface area contributed by atoms with Gasteiger partial charge in [0.25, 0.3) is 0 Å². The van der Waals surface area contributed by atoms with Crippen molar-refractivity contribution < 1.29 is 22.0 Å². The molecule has 2 aromatic rings. The van der Waals surface area contributed by atoms with Crippen LogP contribution >= 0.6 is 11.3 Å². The molecule has 0 bridgehead atoms. The van der Waals surface area contributed by atoms with Gasteiger partial charge in [0.2, 0.25) is 15.9 Å². The second kappa shape index (κ2) is 7.45. The summed E-state index contributed by atoms with van der Waals surface area (Å²) in [7, 11) is -3.32. The number of carbonyl (C=O) groups is 1. The fourth-order valence-electron chi connectivity index (χ4n) is 4.25. The van der Waals surface area contributed by atoms with Gasteiger partial charge in [-0.15, -0.1) is 11.3 Å². The summed E-state index contributed by atoms with van der Waals surface area (Å²) >= 11 is 1.43. The molecule has 1 aromatic heterocycles. The van der Waals surface area contributed by atoms with Crippen molar-refractivity contribution in [2.75, 3.05) is 19.3 Å². The third kappa shape index (κ3) is 4.08. The van der Waals surface area contributed by atoms with Crippen LogP contribution in [0.4, 0.5) is 8.78 Å². The molecule has 1 aliphatic heterocycles. The third-order valence-electron chi connectivity index (χ3n) is 5.61. The van der Waals surface area contributed by atoms with E-state index in [0.717, 1.165) is 16.7 Å². The summed E-state index contributed by atoms with van der Waals surface area (Å²) in [4.78, 5) is 15.6. The summed E-state index contributed by atoms with van der Waals surface area (Å²) in [5.74, 6) is -1.53. The Morgan fingerprint density at radius 3 is 2.62 bits per heavy atom. The molecule has 1 saturated heterocycles. The number of amides is 1. The first-order valence-corrected chi connectivity index (χ1v) is 12.2. The summed E-state index contributed by atoms with van der Waals surface area (Å²) in [6, 6.07) is 3.55. The molecule has 2 heterocycles. The maximum atomic E-state index is 14.3. The molecule has 1 N–H and O–H groups in total. The Bertz CT molecular complexity index is 1050. The monoisotopic (exact) mass is 440 g/mol. The maximum absolute atomic E-state index is 14.3. The lowest BCUT2D eigenvalue weighted by atomic mass is 9.97. The van der Waals surface area contributed by atoms with E-state index in [1.165, 1.54) is 29.5 Å². The fraction of sp³-hybridized carbons (Fsp3) is 0.450. The van der Waals surface area contributed by atoms with Gasteiger partial charge in [-0.3, -0.25) is 4.79 Å². The van der Waals surface area contributed by atoms with Crippen molar-refractivity contribution in [2.45, 2.75) is 31.7 Å². The fourth-order valence-corrected chi connectivity index (χ4v) is 5.98. The van der Waals surface area contributed by atoms with Crippen LogP contribution in [-0.2, 0) is 14.8 Å². The van der Waals surface area contributed by atoms with E-state index >= 15 is 0 Å². The molecule has 0 spiro atoms. The summed E-state index contributed by atoms with van der Waals surface area (Å²) in [6.45, 7) is 2.77. The van der Waals surface area contributed by atoms with Crippen molar-refractivity contribution in [1.29, 1.82) is 0 Å². The van der Waals surface area contributed by atoms with E-state index in [4.69, 9.17) is 0 Å². The van der Waals surface area contributed by atoms with Gasteiger partial charge in [-0.25, -0.2) is 21.9 Å². The predicted molar refractivity (Wildman–Crippen MR) is 108 cm³/mol. The van der Waals surface area contributed by atoms with E-state index in [9.17, 15) is 22.0 Å². The molecule has 1 aliphatic carbocycles. The van der Waals surface area contributed by atoms with Crippen molar-refractivity contribution in [2.24, 2.45) is 5.92 Å². The van der Waals surface area contributed by atoms with E-state index in [1.54, 1.807) is 10.3 Å². The smallest absolute Gasteiger partial charge is 0.226 e. The highest BCUT2D eigenvalue weighted by Gasteiger charge is 2.49. The zero-order valence-electron chi connectivity index (χ0n) is 16.1. The molecule has 1 amide bonds. The lowest BCUT2D eigenvalue weighted by molar-refractivity contribution is -0.131. The maximum Gasteiger partial charge on any atom is 0.226 e. The average Bonchev–Trinajstić information content (AvgIpc) is 3.11. The van der Waals surface area contributed by atoms with Gasteiger partial charge in [0.1, 0.15) is 11.6 Å². The Balaban J connectivity index is 1.52. The number of halogens is 2. The largest absolute Gasteiger partial charge is 0.341 e. The lowest BCUT2D eigenvalue weighted by Crippen LogP contribution is -2.38. The normalized spacial score (nSPS) is 24.1. The van der Waals surface area contributed by atoms with Crippen LogP contribution in [-0.4, -0.2) is 44.6 Å². The van der Waals surface area contributed by atoms with Gasteiger partial charge in [0, 0.05) is 35.5 Å². The number of rotatable bonds is 5. The van der Waals surface area contributed by atoms with Crippen molar-refractivity contribution in [3.8, 4) is 11.1 Å². The molecule has 3 atom stereocenters. The van der Waals surface area contributed by atoms with Gasteiger partial charge in [0.15, 0.2) is 0 Å². The molecule has 4 rings (SSSR count). The second-order valence-corrected chi connectivity index (χ2v) is 10.7. The molecular weight excluding hydrogens is 418 g/mol. The average molecular weight is 441 g/mol. The number of thiophene rings is 1. The molecule has 2 aliphatic rings. The first kappa shape index (κ1) is 20.4. The zero-order valence-corrected chi connectivity index (χ0v) is 17.7. The molecular formula is C20H22F2N2O3S2. The minimum absolute atomic E-state index is 0.0154. The van der Waals surface area contributed by atoms with Crippen LogP contribution in [0.3, 0.4) is 0 Å². The minimum atomic E-state index is -3.32. The van der Waals surface area contributed by atoms with Crippen molar-refractivity contribution in [3.05, 3.63) is 45.7 Å². The number of carbonyl (C=O) groups excluding carboxylic acids is 1. The van der Waals surface area contributed by atoms with Gasteiger partial charge in [-0.05, 0) is 48.8 Å². The van der Waals surface area contributed by atoms with Crippen LogP contribution in [0.2, 0.25) is 0 Å². The predicted octanol–water partition coefficient (Wildman–Crippen LogP) is 3.26. The highest BCUT2D eigenvalue weighted by atomic mass is 32.2. The van der Waals surface area contributed by atoms with Gasteiger partial charge in [-0.2, -0.15) is 0 Å². The molecule has 2 fully saturated rings. The first-order valence-electron chi connectivity index (χ1n) is 9.44. The molecule has 156 valence electrons.